The molecule has 208 valence electrons. The minimum Gasteiger partial charge on any atom is -0.504 e. The molecule has 0 N–H and O–H groups in total. The third-order valence-electron chi connectivity index (χ3n) is 7.44. The van der Waals surface area contributed by atoms with Crippen LogP contribution in [0.15, 0.2) is 107 Å². The molecule has 1 aliphatic heterocycles. The van der Waals surface area contributed by atoms with Gasteiger partial charge in [-0.15, -0.1) is 56.4 Å². The number of hydrogen-bond acceptors (Lipinski definition) is 4. The number of aromatic nitrogens is 2. The number of anilines is 3. The third-order valence-corrected chi connectivity index (χ3v) is 8.34. The summed E-state index contributed by atoms with van der Waals surface area (Å²) in [5.41, 5.74) is 6.91. The first-order valence-corrected chi connectivity index (χ1v) is 14.3. The second-order valence-electron chi connectivity index (χ2n) is 11.2. The Morgan fingerprint density at radius 2 is 1.56 bits per heavy atom. The van der Waals surface area contributed by atoms with Crippen molar-refractivity contribution in [2.45, 2.75) is 36.0 Å². The Bertz CT molecular complexity index is 1870. The second kappa shape index (κ2) is 10.7. The van der Waals surface area contributed by atoms with Crippen molar-refractivity contribution in [3.05, 3.63) is 122 Å². The summed E-state index contributed by atoms with van der Waals surface area (Å²) in [7, 11) is 2.09. The Morgan fingerprint density at radius 1 is 0.805 bits per heavy atom. The number of pyridine rings is 1. The molecule has 0 spiro atoms. The number of rotatable bonds is 4. The van der Waals surface area contributed by atoms with E-state index in [9.17, 15) is 0 Å². The Labute approximate surface area is 260 Å². The first-order valence-electron chi connectivity index (χ1n) is 13.4. The first-order chi connectivity index (χ1) is 19.4. The minimum absolute atomic E-state index is 0. The molecule has 3 heterocycles. The summed E-state index contributed by atoms with van der Waals surface area (Å²) >= 11 is 1.71. The standard InChI is InChI=1S/C35H29N4S.Pt/c1-35(2,3)24-19-25(38-23-37(4)32-13-7-8-14-33(32)38)21-27(20-24)40-26-16-17-31-29(22-26)28-11-5-6-12-30(28)39(31)34-15-9-10-18-36-34;/h5-15,17-20,22-23H,1-4H3;/q-3;. The van der Waals surface area contributed by atoms with Crippen molar-refractivity contribution < 1.29 is 21.1 Å². The number of nitrogens with zero attached hydrogens (tertiary/aromatic N) is 4. The van der Waals surface area contributed by atoms with E-state index in [1.165, 1.54) is 27.7 Å². The molecule has 0 amide bonds. The fourth-order valence-corrected chi connectivity index (χ4v) is 6.28. The summed E-state index contributed by atoms with van der Waals surface area (Å²) in [6.45, 7) is 8.93. The van der Waals surface area contributed by atoms with Crippen LogP contribution in [-0.2, 0) is 26.5 Å². The minimum atomic E-state index is -0.00587. The quantitative estimate of drug-likeness (QED) is 0.169. The molecular weight excluding hydrogens is 704 g/mol. The van der Waals surface area contributed by atoms with Gasteiger partial charge in [0.1, 0.15) is 5.82 Å². The van der Waals surface area contributed by atoms with Gasteiger partial charge in [-0.2, -0.15) is 24.9 Å². The maximum Gasteiger partial charge on any atom is 0.126 e. The van der Waals surface area contributed by atoms with Crippen LogP contribution in [0.3, 0.4) is 0 Å². The Hall–Kier alpha value is -3.53. The van der Waals surface area contributed by atoms with Crippen LogP contribution in [0, 0.1) is 18.8 Å². The molecule has 0 fully saturated rings. The normalized spacial score (nSPS) is 13.1. The van der Waals surface area contributed by atoms with E-state index in [1.54, 1.807) is 11.8 Å². The van der Waals surface area contributed by atoms with Gasteiger partial charge in [-0.3, -0.25) is 0 Å². The van der Waals surface area contributed by atoms with Gasteiger partial charge in [-0.25, -0.2) is 4.98 Å². The fourth-order valence-electron chi connectivity index (χ4n) is 5.40. The monoisotopic (exact) mass is 732 g/mol. The zero-order valence-electron chi connectivity index (χ0n) is 23.3. The molecule has 0 unspecified atom stereocenters. The zero-order chi connectivity index (χ0) is 27.4. The second-order valence-corrected chi connectivity index (χ2v) is 12.3. The van der Waals surface area contributed by atoms with Crippen molar-refractivity contribution in [2.75, 3.05) is 16.8 Å². The number of benzene rings is 4. The molecule has 41 heavy (non-hydrogen) atoms. The number of hydrogen-bond donors (Lipinski definition) is 0. The van der Waals surface area contributed by atoms with Crippen molar-refractivity contribution in [1.29, 1.82) is 0 Å². The Balaban J connectivity index is 0.00000302. The van der Waals surface area contributed by atoms with Crippen molar-refractivity contribution in [2.24, 2.45) is 0 Å². The van der Waals surface area contributed by atoms with Crippen molar-refractivity contribution in [1.82, 2.24) is 9.55 Å². The first kappa shape index (κ1) is 27.6. The van der Waals surface area contributed by atoms with E-state index in [-0.39, 0.29) is 26.5 Å². The molecule has 0 radical (unpaired) electrons. The van der Waals surface area contributed by atoms with Crippen LogP contribution in [0.1, 0.15) is 26.3 Å². The largest absolute Gasteiger partial charge is 0.504 e. The van der Waals surface area contributed by atoms with Crippen LogP contribution >= 0.6 is 11.8 Å². The van der Waals surface area contributed by atoms with Gasteiger partial charge in [0.2, 0.25) is 0 Å². The zero-order valence-corrected chi connectivity index (χ0v) is 26.4. The van der Waals surface area contributed by atoms with Crippen LogP contribution < -0.4 is 9.80 Å². The van der Waals surface area contributed by atoms with Gasteiger partial charge in [-0.1, -0.05) is 62.7 Å². The van der Waals surface area contributed by atoms with Gasteiger partial charge in [0.05, 0.1) is 0 Å². The maximum absolute atomic E-state index is 4.64. The molecule has 0 saturated heterocycles. The molecule has 0 aliphatic carbocycles. The van der Waals surface area contributed by atoms with E-state index in [2.05, 4.69) is 139 Å². The topological polar surface area (TPSA) is 24.3 Å². The summed E-state index contributed by atoms with van der Waals surface area (Å²) in [5, 5.41) is 2.40. The van der Waals surface area contributed by atoms with E-state index in [4.69, 9.17) is 0 Å². The van der Waals surface area contributed by atoms with Gasteiger partial charge in [0.15, 0.2) is 0 Å². The number of fused-ring (bicyclic) bond motifs is 4. The van der Waals surface area contributed by atoms with Crippen LogP contribution in [0.2, 0.25) is 0 Å². The molecule has 2 aromatic heterocycles. The SMILES string of the molecule is CN1[CH-]N(c2[c-]c(Sc3[c-]cc4c(c3)c3ccccc3n4-c3ccccn3)cc(C(C)(C)C)c2)c2ccccc21.[Pt]. The fraction of sp³-hybridized carbons (Fsp3) is 0.143. The van der Waals surface area contributed by atoms with Crippen LogP contribution in [0.25, 0.3) is 27.6 Å². The molecule has 6 aromatic rings. The van der Waals surface area contributed by atoms with Crippen LogP contribution in [0.5, 0.6) is 0 Å². The molecule has 7 rings (SSSR count). The van der Waals surface area contributed by atoms with Crippen molar-refractivity contribution in [3.8, 4) is 5.82 Å². The molecule has 4 nitrogen and oxygen atoms in total. The molecule has 0 saturated carbocycles. The van der Waals surface area contributed by atoms with E-state index in [0.29, 0.717) is 0 Å². The maximum atomic E-state index is 4.64. The third kappa shape index (κ3) is 4.96. The molecule has 1 aliphatic rings. The van der Waals surface area contributed by atoms with Crippen LogP contribution in [-0.4, -0.2) is 16.6 Å². The molecule has 0 bridgehead atoms. The van der Waals surface area contributed by atoms with E-state index >= 15 is 0 Å². The predicted octanol–water partition coefficient (Wildman–Crippen LogP) is 8.93. The van der Waals surface area contributed by atoms with Gasteiger partial charge in [-0.05, 0) is 48.2 Å². The van der Waals surface area contributed by atoms with Crippen LogP contribution in [0.4, 0.5) is 17.1 Å². The summed E-state index contributed by atoms with van der Waals surface area (Å²) in [4.78, 5) is 11.2. The van der Waals surface area contributed by atoms with Gasteiger partial charge < -0.3 is 14.4 Å². The molecule has 0 atom stereocenters. The van der Waals surface area contributed by atoms with E-state index < -0.39 is 0 Å². The summed E-state index contributed by atoms with van der Waals surface area (Å²) in [6, 6.07) is 39.2. The predicted molar refractivity (Wildman–Crippen MR) is 167 cm³/mol. The van der Waals surface area contributed by atoms with Crippen molar-refractivity contribution in [3.63, 3.8) is 0 Å². The smallest absolute Gasteiger partial charge is 0.126 e. The van der Waals surface area contributed by atoms with Crippen molar-refractivity contribution >= 4 is 50.6 Å². The van der Waals surface area contributed by atoms with Gasteiger partial charge >= 0.3 is 0 Å². The average Bonchev–Trinajstić information content (AvgIpc) is 3.48. The summed E-state index contributed by atoms with van der Waals surface area (Å²) in [5.74, 6) is 0.908. The van der Waals surface area contributed by atoms with Gasteiger partial charge in [0.25, 0.3) is 0 Å². The summed E-state index contributed by atoms with van der Waals surface area (Å²) < 4.78 is 2.22. The molecule has 4 aromatic carbocycles. The van der Waals surface area contributed by atoms with Gasteiger partial charge in [0, 0.05) is 44.2 Å². The van der Waals surface area contributed by atoms with E-state index in [1.807, 2.05) is 24.4 Å². The van der Waals surface area contributed by atoms with E-state index in [0.717, 1.165) is 32.3 Å². The molecular formula is C35H29N4PtS-3. The Morgan fingerprint density at radius 3 is 2.34 bits per heavy atom. The molecule has 6 heteroatoms. The average molecular weight is 733 g/mol. The number of para-hydroxylation sites is 3. The Kier molecular flexibility index (Phi) is 7.21. The summed E-state index contributed by atoms with van der Waals surface area (Å²) in [6.07, 6.45) is 1.84.